The zero-order chi connectivity index (χ0) is 22.6. The highest BCUT2D eigenvalue weighted by Gasteiger charge is 2.27. The van der Waals surface area contributed by atoms with Crippen LogP contribution < -0.4 is 10.9 Å². The Hall–Kier alpha value is -3.88. The van der Waals surface area contributed by atoms with Crippen LogP contribution in [0.3, 0.4) is 0 Å². The molecule has 4 aromatic rings. The van der Waals surface area contributed by atoms with Crippen molar-refractivity contribution >= 4 is 16.8 Å². The van der Waals surface area contributed by atoms with E-state index in [0.717, 1.165) is 31.2 Å². The molecule has 9 heteroatoms. The Labute approximate surface area is 189 Å². The van der Waals surface area contributed by atoms with Crippen LogP contribution in [-0.2, 0) is 11.2 Å². The van der Waals surface area contributed by atoms with Gasteiger partial charge in [0.05, 0.1) is 10.9 Å². The van der Waals surface area contributed by atoms with Crippen LogP contribution in [0.25, 0.3) is 22.4 Å². The van der Waals surface area contributed by atoms with Crippen molar-refractivity contribution in [2.45, 2.75) is 50.5 Å². The number of hydrogen-bond donors (Lipinski definition) is 2. The van der Waals surface area contributed by atoms with Crippen LogP contribution in [0.5, 0.6) is 0 Å². The first kappa shape index (κ1) is 21.0. The second-order valence-corrected chi connectivity index (χ2v) is 8.33. The van der Waals surface area contributed by atoms with Crippen molar-refractivity contribution in [1.82, 2.24) is 30.5 Å². The molecule has 1 aromatic carbocycles. The van der Waals surface area contributed by atoms with E-state index in [1.54, 1.807) is 30.6 Å². The SMILES string of the molecule is O=C(CCc1nc2ccccc2c(=O)[nH]1)N[C@H]1CC[C@H](c2nnc(-c3ccncc3)o2)CC1. The molecular weight excluding hydrogens is 420 g/mol. The highest BCUT2D eigenvalue weighted by atomic mass is 16.4. The Bertz CT molecular complexity index is 1310. The number of carbonyl (C=O) groups is 1. The van der Waals surface area contributed by atoms with Gasteiger partial charge in [-0.25, -0.2) is 4.98 Å². The number of aryl methyl sites for hydroxylation is 1. The number of nitrogens with one attached hydrogen (secondary N) is 2. The summed E-state index contributed by atoms with van der Waals surface area (Å²) < 4.78 is 5.88. The average Bonchev–Trinajstić information content (AvgIpc) is 3.34. The summed E-state index contributed by atoms with van der Waals surface area (Å²) >= 11 is 0. The predicted octanol–water partition coefficient (Wildman–Crippen LogP) is 3.14. The van der Waals surface area contributed by atoms with Crippen LogP contribution in [0, 0.1) is 0 Å². The molecule has 168 valence electrons. The number of amides is 1. The zero-order valence-corrected chi connectivity index (χ0v) is 18.0. The monoisotopic (exact) mass is 444 g/mol. The van der Waals surface area contributed by atoms with Gasteiger partial charge < -0.3 is 14.7 Å². The number of carbonyl (C=O) groups excluding carboxylic acids is 1. The molecule has 0 saturated heterocycles. The van der Waals surface area contributed by atoms with Gasteiger partial charge in [0.2, 0.25) is 17.7 Å². The second-order valence-electron chi connectivity index (χ2n) is 8.33. The van der Waals surface area contributed by atoms with Crippen LogP contribution in [-0.4, -0.2) is 37.1 Å². The van der Waals surface area contributed by atoms with E-state index in [0.29, 0.717) is 34.9 Å². The van der Waals surface area contributed by atoms with Crippen LogP contribution in [0.1, 0.15) is 49.7 Å². The molecule has 5 rings (SSSR count). The van der Waals surface area contributed by atoms with Crippen molar-refractivity contribution in [2.24, 2.45) is 0 Å². The topological polar surface area (TPSA) is 127 Å². The zero-order valence-electron chi connectivity index (χ0n) is 18.0. The van der Waals surface area contributed by atoms with Crippen LogP contribution >= 0.6 is 0 Å². The first-order chi connectivity index (χ1) is 16.2. The van der Waals surface area contributed by atoms with E-state index in [4.69, 9.17) is 4.42 Å². The lowest BCUT2D eigenvalue weighted by molar-refractivity contribution is -0.122. The van der Waals surface area contributed by atoms with Crippen molar-refractivity contribution in [3.63, 3.8) is 0 Å². The molecule has 33 heavy (non-hydrogen) atoms. The van der Waals surface area contributed by atoms with Crippen molar-refractivity contribution in [3.8, 4) is 11.5 Å². The molecule has 0 atom stereocenters. The van der Waals surface area contributed by atoms with E-state index in [2.05, 4.69) is 30.5 Å². The van der Waals surface area contributed by atoms with Gasteiger partial charge in [0, 0.05) is 42.8 Å². The number of nitrogens with zero attached hydrogens (tertiary/aromatic N) is 4. The smallest absolute Gasteiger partial charge is 0.258 e. The molecule has 0 spiro atoms. The minimum absolute atomic E-state index is 0.0352. The molecule has 1 aliphatic carbocycles. The fourth-order valence-corrected chi connectivity index (χ4v) is 4.28. The summed E-state index contributed by atoms with van der Waals surface area (Å²) in [6.07, 6.45) is 7.52. The third-order valence-electron chi connectivity index (χ3n) is 6.06. The highest BCUT2D eigenvalue weighted by molar-refractivity contribution is 5.78. The maximum Gasteiger partial charge on any atom is 0.258 e. The fraction of sp³-hybridized carbons (Fsp3) is 0.333. The fourth-order valence-electron chi connectivity index (χ4n) is 4.28. The lowest BCUT2D eigenvalue weighted by Gasteiger charge is -2.27. The van der Waals surface area contributed by atoms with Gasteiger partial charge in [0.25, 0.3) is 5.56 Å². The number of pyridine rings is 1. The molecule has 0 radical (unpaired) electrons. The van der Waals surface area contributed by atoms with Gasteiger partial charge in [-0.15, -0.1) is 10.2 Å². The summed E-state index contributed by atoms with van der Waals surface area (Å²) in [7, 11) is 0. The highest BCUT2D eigenvalue weighted by Crippen LogP contribution is 2.33. The summed E-state index contributed by atoms with van der Waals surface area (Å²) in [6, 6.07) is 11.0. The predicted molar refractivity (Wildman–Crippen MR) is 121 cm³/mol. The number of aromatic nitrogens is 5. The molecule has 0 unspecified atom stereocenters. The lowest BCUT2D eigenvalue weighted by atomic mass is 9.86. The minimum Gasteiger partial charge on any atom is -0.420 e. The van der Waals surface area contributed by atoms with E-state index in [1.165, 1.54) is 0 Å². The molecule has 1 aliphatic rings. The number of aromatic amines is 1. The average molecular weight is 444 g/mol. The van der Waals surface area contributed by atoms with Crippen molar-refractivity contribution in [2.75, 3.05) is 0 Å². The maximum absolute atomic E-state index is 12.5. The van der Waals surface area contributed by atoms with Crippen LogP contribution in [0.2, 0.25) is 0 Å². The van der Waals surface area contributed by atoms with E-state index in [9.17, 15) is 9.59 Å². The Morgan fingerprint density at radius 1 is 1.06 bits per heavy atom. The van der Waals surface area contributed by atoms with Crippen molar-refractivity contribution in [1.29, 1.82) is 0 Å². The number of benzene rings is 1. The molecule has 9 nitrogen and oxygen atoms in total. The lowest BCUT2D eigenvalue weighted by Crippen LogP contribution is -2.37. The Balaban J connectivity index is 1.11. The van der Waals surface area contributed by atoms with Crippen molar-refractivity contribution in [3.05, 3.63) is 70.9 Å². The van der Waals surface area contributed by atoms with E-state index < -0.39 is 0 Å². The Morgan fingerprint density at radius 2 is 1.85 bits per heavy atom. The molecule has 1 fully saturated rings. The normalized spacial score (nSPS) is 18.3. The van der Waals surface area contributed by atoms with Gasteiger partial charge in [-0.2, -0.15) is 0 Å². The number of H-pyrrole nitrogens is 1. The first-order valence-electron chi connectivity index (χ1n) is 11.2. The second kappa shape index (κ2) is 9.32. The molecule has 0 bridgehead atoms. The molecule has 3 heterocycles. The molecule has 2 N–H and O–H groups in total. The molecule has 1 amide bonds. The van der Waals surface area contributed by atoms with E-state index in [-0.39, 0.29) is 29.8 Å². The van der Waals surface area contributed by atoms with E-state index >= 15 is 0 Å². The third-order valence-corrected chi connectivity index (χ3v) is 6.06. The van der Waals surface area contributed by atoms with Gasteiger partial charge in [-0.3, -0.25) is 14.6 Å². The minimum atomic E-state index is -0.178. The summed E-state index contributed by atoms with van der Waals surface area (Å²) in [4.78, 5) is 35.9. The summed E-state index contributed by atoms with van der Waals surface area (Å²) in [5, 5.41) is 12.1. The molecule has 0 aliphatic heterocycles. The largest absolute Gasteiger partial charge is 0.420 e. The number of fused-ring (bicyclic) bond motifs is 1. The Kier molecular flexibility index (Phi) is 5.93. The summed E-state index contributed by atoms with van der Waals surface area (Å²) in [5.74, 6) is 1.85. The van der Waals surface area contributed by atoms with Gasteiger partial charge in [-0.1, -0.05) is 12.1 Å². The van der Waals surface area contributed by atoms with Gasteiger partial charge >= 0.3 is 0 Å². The molecule has 3 aromatic heterocycles. The number of rotatable bonds is 6. The number of para-hydroxylation sites is 1. The standard InChI is InChI=1S/C24H24N6O3/c31-21(10-9-20-27-19-4-2-1-3-18(19)22(32)28-20)26-17-7-5-15(6-8-17)23-29-30-24(33-23)16-11-13-25-14-12-16/h1-4,11-15,17H,5-10H2,(H,26,31)(H,27,28,32)/t15-,17-. The van der Waals surface area contributed by atoms with Gasteiger partial charge in [-0.05, 0) is 49.9 Å². The molecule has 1 saturated carbocycles. The van der Waals surface area contributed by atoms with Gasteiger partial charge in [0.15, 0.2) is 0 Å². The first-order valence-corrected chi connectivity index (χ1v) is 11.2. The maximum atomic E-state index is 12.5. The Morgan fingerprint density at radius 3 is 2.67 bits per heavy atom. The van der Waals surface area contributed by atoms with Gasteiger partial charge in [0.1, 0.15) is 5.82 Å². The van der Waals surface area contributed by atoms with Crippen molar-refractivity contribution < 1.29 is 9.21 Å². The van der Waals surface area contributed by atoms with Crippen LogP contribution in [0.4, 0.5) is 0 Å². The van der Waals surface area contributed by atoms with E-state index in [1.807, 2.05) is 18.2 Å². The van der Waals surface area contributed by atoms with Crippen LogP contribution in [0.15, 0.2) is 58.0 Å². The summed E-state index contributed by atoms with van der Waals surface area (Å²) in [6.45, 7) is 0. The summed E-state index contributed by atoms with van der Waals surface area (Å²) in [5.41, 5.74) is 1.32. The third kappa shape index (κ3) is 4.82. The quantitative estimate of drug-likeness (QED) is 0.468. The number of hydrogen-bond acceptors (Lipinski definition) is 7. The molecular formula is C24H24N6O3.